The predicted octanol–water partition coefficient (Wildman–Crippen LogP) is 0.718. The average Bonchev–Trinajstić information content (AvgIpc) is 2.08. The van der Waals surface area contributed by atoms with E-state index in [4.69, 9.17) is 6.85 Å². The molecule has 1 aromatic rings. The Balaban J connectivity index is 3.13. The van der Waals surface area contributed by atoms with Gasteiger partial charge in [-0.05, 0) is 6.85 Å². The second-order valence-electron chi connectivity index (χ2n) is 0.822. The molecule has 0 radical (unpaired) electrons. The van der Waals surface area contributed by atoms with E-state index in [1.807, 2.05) is 0 Å². The number of hydrogen-bond donors (Lipinski definition) is 1. The number of aromatic amines is 1. The zero-order valence-corrected chi connectivity index (χ0v) is 2.95. The van der Waals surface area contributed by atoms with Crippen LogP contribution in [0.4, 0.5) is 0 Å². The van der Waals surface area contributed by atoms with Crippen LogP contribution in [0.3, 0.4) is 0 Å². The zero-order chi connectivity index (χ0) is 8.65. The van der Waals surface area contributed by atoms with Gasteiger partial charge in [-0.3, -0.25) is 0 Å². The Morgan fingerprint density at radius 2 is 3.33 bits per heavy atom. The Hall–Kier alpha value is -0.790. The number of rotatable bonds is 0. The van der Waals surface area contributed by atoms with E-state index in [-0.39, 0.29) is 18.2 Å². The van der Waals surface area contributed by atoms with Gasteiger partial charge < -0.3 is 4.98 Å². The van der Waals surface area contributed by atoms with Gasteiger partial charge in [-0.15, -0.1) is 0 Å². The van der Waals surface area contributed by atoms with E-state index in [9.17, 15) is 0 Å². The minimum atomic E-state index is -2.40. The topological polar surface area (TPSA) is 28.7 Å². The largest absolute Gasteiger partial charge is 0.351 e. The highest BCUT2D eigenvalue weighted by Gasteiger charge is 1.74. The maximum Gasteiger partial charge on any atom is 0.104 e. The van der Waals surface area contributed by atoms with Crippen molar-refractivity contribution >= 4 is 0 Å². The molecule has 0 amide bonds. The van der Waals surface area contributed by atoms with Gasteiger partial charge in [-0.1, -0.05) is 0 Å². The molecular formula is C4H6N2. The lowest BCUT2D eigenvalue weighted by Gasteiger charge is -1.64. The molecule has 0 unspecified atom stereocenters. The summed E-state index contributed by atoms with van der Waals surface area (Å²) in [6, 6.07) is 0. The molecule has 0 spiro atoms. The quantitative estimate of drug-likeness (QED) is 0.496. The molecule has 1 heterocycles. The van der Waals surface area contributed by atoms with Crippen molar-refractivity contribution in [1.82, 2.24) is 9.97 Å². The first-order valence-corrected chi connectivity index (χ1v) is 1.45. The third-order valence-electron chi connectivity index (χ3n) is 0.405. The van der Waals surface area contributed by atoms with Crippen LogP contribution in [0.15, 0.2) is 12.5 Å². The van der Waals surface area contributed by atoms with E-state index in [0.717, 1.165) is 0 Å². The van der Waals surface area contributed by atoms with Gasteiger partial charge in [0.25, 0.3) is 0 Å². The number of nitrogens with zero attached hydrogens (tertiary/aromatic N) is 1. The zero-order valence-electron chi connectivity index (χ0n) is 7.95. The maximum absolute atomic E-state index is 7.05. The lowest BCUT2D eigenvalue weighted by Crippen LogP contribution is -1.59. The molecule has 6 heavy (non-hydrogen) atoms. The second kappa shape index (κ2) is 1.12. The van der Waals surface area contributed by atoms with Crippen LogP contribution in [-0.4, -0.2) is 9.97 Å². The van der Waals surface area contributed by atoms with Crippen molar-refractivity contribution in [2.75, 3.05) is 0 Å². The predicted molar refractivity (Wildman–Crippen MR) is 23.3 cm³/mol. The highest BCUT2D eigenvalue weighted by molar-refractivity contribution is 4.87. The normalized spacial score (nSPS) is 23.0. The van der Waals surface area contributed by atoms with Crippen molar-refractivity contribution in [1.29, 1.82) is 0 Å². The van der Waals surface area contributed by atoms with E-state index in [1.54, 1.807) is 0 Å². The molecule has 0 saturated heterocycles. The number of imidazole rings is 1. The summed E-state index contributed by atoms with van der Waals surface area (Å²) in [7, 11) is 0. The Kier molecular flexibility index (Phi) is 0.166. The first-order valence-electron chi connectivity index (χ1n) is 3.95. The standard InChI is InChI=1S/C4H6N2/c1-4-2-5-3-6-4/h2-3H,1H3,(H,5,6)/i1D3,2D,3D. The van der Waals surface area contributed by atoms with Crippen LogP contribution in [0.5, 0.6) is 0 Å². The fourth-order valence-corrected chi connectivity index (χ4v) is 0.199. The van der Waals surface area contributed by atoms with Gasteiger partial charge in [0.15, 0.2) is 0 Å². The third-order valence-corrected chi connectivity index (χ3v) is 0.405. The molecule has 0 aromatic carbocycles. The summed E-state index contributed by atoms with van der Waals surface area (Å²) in [5.74, 6) is 0. The van der Waals surface area contributed by atoms with Crippen molar-refractivity contribution in [3.8, 4) is 0 Å². The molecule has 1 rings (SSSR count). The molecule has 1 aromatic heterocycles. The van der Waals surface area contributed by atoms with Crippen LogP contribution in [-0.2, 0) is 0 Å². The van der Waals surface area contributed by atoms with Crippen LogP contribution in [0.1, 0.15) is 12.5 Å². The lowest BCUT2D eigenvalue weighted by atomic mass is 10.6. The summed E-state index contributed by atoms with van der Waals surface area (Å²) in [5, 5.41) is 0. The number of H-pyrrole nitrogens is 1. The smallest absolute Gasteiger partial charge is 0.104 e. The highest BCUT2D eigenvalue weighted by atomic mass is 14.8. The Morgan fingerprint density at radius 1 is 2.33 bits per heavy atom. The SMILES string of the molecule is [2H]c1nc(C([2H])([2H])[2H])c([2H])[nH]1. The Labute approximate surface area is 43.3 Å². The number of hydrogen-bond acceptors (Lipinski definition) is 1. The molecule has 0 aliphatic carbocycles. The van der Waals surface area contributed by atoms with Crippen molar-refractivity contribution in [3.63, 3.8) is 0 Å². The van der Waals surface area contributed by atoms with Crippen molar-refractivity contribution in [2.24, 2.45) is 0 Å². The summed E-state index contributed by atoms with van der Waals surface area (Å²) in [6.07, 6.45) is -0.601. The number of aromatic nitrogens is 2. The lowest BCUT2D eigenvalue weighted by molar-refractivity contribution is 1.25. The highest BCUT2D eigenvalue weighted by Crippen LogP contribution is 1.81. The molecule has 1 N–H and O–H groups in total. The summed E-state index contributed by atoms with van der Waals surface area (Å²) < 4.78 is 34.6. The van der Waals surface area contributed by atoms with Gasteiger partial charge in [0.05, 0.1) is 13.4 Å². The summed E-state index contributed by atoms with van der Waals surface area (Å²) in [6.45, 7) is -2.40. The van der Waals surface area contributed by atoms with E-state index in [1.165, 1.54) is 0 Å². The molecule has 0 bridgehead atoms. The first kappa shape index (κ1) is 0.886. The van der Waals surface area contributed by atoms with Gasteiger partial charge in [0, 0.05) is 10.3 Å². The van der Waals surface area contributed by atoms with E-state index < -0.39 is 6.85 Å². The number of aryl methyl sites for hydroxylation is 1. The summed E-state index contributed by atoms with van der Waals surface area (Å²) in [4.78, 5) is 5.52. The average molecular weight is 87.1 g/mol. The van der Waals surface area contributed by atoms with Crippen molar-refractivity contribution < 1.29 is 6.85 Å². The van der Waals surface area contributed by atoms with Gasteiger partial charge >= 0.3 is 0 Å². The monoisotopic (exact) mass is 87.1 g/mol. The third kappa shape index (κ3) is 0.407. The van der Waals surface area contributed by atoms with Crippen molar-refractivity contribution in [3.05, 3.63) is 18.2 Å². The fourth-order valence-electron chi connectivity index (χ4n) is 0.199. The second-order valence-corrected chi connectivity index (χ2v) is 0.822. The maximum atomic E-state index is 7.05. The van der Waals surface area contributed by atoms with Gasteiger partial charge in [-0.2, -0.15) is 0 Å². The minimum absolute atomic E-state index is 0.291. The summed E-state index contributed by atoms with van der Waals surface area (Å²) >= 11 is 0. The van der Waals surface area contributed by atoms with Crippen LogP contribution in [0, 0.1) is 6.85 Å². The first-order chi connectivity index (χ1) is 4.91. The van der Waals surface area contributed by atoms with Gasteiger partial charge in [0.1, 0.15) is 1.37 Å². The van der Waals surface area contributed by atoms with E-state index in [0.29, 0.717) is 0 Å². The van der Waals surface area contributed by atoms with Crippen LogP contribution in [0.25, 0.3) is 0 Å². The van der Waals surface area contributed by atoms with E-state index >= 15 is 0 Å². The minimum Gasteiger partial charge on any atom is -0.351 e. The van der Waals surface area contributed by atoms with Crippen LogP contribution in [0.2, 0.25) is 0 Å². The van der Waals surface area contributed by atoms with Gasteiger partial charge in [0.2, 0.25) is 0 Å². The van der Waals surface area contributed by atoms with E-state index in [2.05, 4.69) is 9.97 Å². The van der Waals surface area contributed by atoms with Crippen LogP contribution < -0.4 is 0 Å². The molecule has 0 saturated carbocycles. The number of nitrogens with one attached hydrogen (secondary N) is 1. The molecule has 0 fully saturated rings. The molecule has 0 aliphatic heterocycles. The molecule has 32 valence electrons. The van der Waals surface area contributed by atoms with Crippen molar-refractivity contribution in [2.45, 2.75) is 6.85 Å². The summed E-state index contributed by atoms with van der Waals surface area (Å²) in [5.41, 5.74) is -0.345. The van der Waals surface area contributed by atoms with Crippen LogP contribution >= 0.6 is 0 Å². The molecule has 2 heteroatoms. The molecule has 0 aliphatic rings. The molecular weight excluding hydrogens is 76.1 g/mol. The Morgan fingerprint density at radius 3 is 3.67 bits per heavy atom. The fraction of sp³-hybridized carbons (Fsp3) is 0.250. The molecule has 2 nitrogen and oxygen atoms in total. The van der Waals surface area contributed by atoms with Gasteiger partial charge in [-0.25, -0.2) is 4.98 Å². The Bertz CT molecular complexity index is 262. The molecule has 0 atom stereocenters.